The Morgan fingerprint density at radius 1 is 1.35 bits per heavy atom. The monoisotopic (exact) mass is 321 g/mol. The van der Waals surface area contributed by atoms with E-state index in [1.807, 2.05) is 20.8 Å². The molecule has 2 rings (SSSR count). The van der Waals surface area contributed by atoms with Crippen molar-refractivity contribution in [1.29, 1.82) is 0 Å². The summed E-state index contributed by atoms with van der Waals surface area (Å²) in [6.07, 6.45) is 0.365. The van der Waals surface area contributed by atoms with Crippen LogP contribution in [-0.2, 0) is 4.74 Å². The van der Waals surface area contributed by atoms with E-state index in [9.17, 15) is 4.79 Å². The minimum atomic E-state index is -0.500. The lowest BCUT2D eigenvalue weighted by atomic mass is 10.2. The van der Waals surface area contributed by atoms with Gasteiger partial charge >= 0.3 is 6.09 Å². The second-order valence-corrected chi connectivity index (χ2v) is 6.46. The average Bonchev–Trinajstić information content (AvgIpc) is 2.94. The molecule has 1 amide bonds. The molecule has 0 bridgehead atoms. The lowest BCUT2D eigenvalue weighted by molar-refractivity contribution is 0.0275. The molecule has 0 aromatic heterocycles. The van der Waals surface area contributed by atoms with Crippen molar-refractivity contribution in [3.05, 3.63) is 29.8 Å². The quantitative estimate of drug-likeness (QED) is 0.385. The number of nitrogens with zero attached hydrogens (tertiary/aromatic N) is 2. The highest BCUT2D eigenvalue weighted by Crippen LogP contribution is 2.21. The molecule has 1 aliphatic rings. The van der Waals surface area contributed by atoms with Crippen molar-refractivity contribution in [2.24, 2.45) is 10.9 Å². The van der Waals surface area contributed by atoms with Crippen molar-refractivity contribution < 1.29 is 19.5 Å². The van der Waals surface area contributed by atoms with E-state index in [1.165, 1.54) is 0 Å². The van der Waals surface area contributed by atoms with E-state index in [2.05, 4.69) is 5.16 Å². The number of oxime groups is 1. The van der Waals surface area contributed by atoms with E-state index in [0.29, 0.717) is 24.4 Å². The van der Waals surface area contributed by atoms with Gasteiger partial charge in [-0.2, -0.15) is 0 Å². The highest BCUT2D eigenvalue weighted by Gasteiger charge is 2.30. The van der Waals surface area contributed by atoms with Crippen LogP contribution in [0.25, 0.3) is 0 Å². The van der Waals surface area contributed by atoms with Crippen LogP contribution >= 0.6 is 0 Å². The number of amides is 1. The lowest BCUT2D eigenvalue weighted by Crippen LogP contribution is -2.36. The highest BCUT2D eigenvalue weighted by atomic mass is 16.6. The summed E-state index contributed by atoms with van der Waals surface area (Å²) < 4.78 is 11.2. The molecule has 1 aliphatic heterocycles. The molecule has 0 spiro atoms. The number of nitrogens with two attached hydrogens (primary N) is 1. The van der Waals surface area contributed by atoms with Gasteiger partial charge in [0, 0.05) is 18.5 Å². The molecule has 126 valence electrons. The number of carbonyl (C=O) groups excluding carboxylic acids is 1. The minimum absolute atomic E-state index is 0.0496. The zero-order valence-electron chi connectivity index (χ0n) is 13.7. The molecule has 1 saturated heterocycles. The maximum atomic E-state index is 12.0. The molecule has 1 aromatic rings. The predicted octanol–water partition coefficient (Wildman–Crippen LogP) is 2.17. The molecule has 1 atom stereocenters. The Hall–Kier alpha value is -2.44. The number of hydrogen-bond donors (Lipinski definition) is 2. The first-order chi connectivity index (χ1) is 10.8. The van der Waals surface area contributed by atoms with Crippen LogP contribution < -0.4 is 10.5 Å². The van der Waals surface area contributed by atoms with Crippen LogP contribution in [-0.4, -0.2) is 46.8 Å². The lowest BCUT2D eigenvalue weighted by Gasteiger charge is -2.24. The predicted molar refractivity (Wildman–Crippen MR) is 85.8 cm³/mol. The molecular weight excluding hydrogens is 298 g/mol. The number of benzene rings is 1. The normalized spacial score (nSPS) is 18.8. The molecule has 0 unspecified atom stereocenters. The fourth-order valence-electron chi connectivity index (χ4n) is 2.27. The Morgan fingerprint density at radius 2 is 2.00 bits per heavy atom. The van der Waals surface area contributed by atoms with Crippen molar-refractivity contribution >= 4 is 11.9 Å². The summed E-state index contributed by atoms with van der Waals surface area (Å²) in [7, 11) is 0. The molecule has 0 aliphatic carbocycles. The molecule has 1 aromatic carbocycles. The first-order valence-corrected chi connectivity index (χ1v) is 7.51. The topological polar surface area (TPSA) is 97.4 Å². The van der Waals surface area contributed by atoms with Gasteiger partial charge in [-0.3, -0.25) is 0 Å². The maximum absolute atomic E-state index is 12.0. The Bertz CT molecular complexity index is 578. The summed E-state index contributed by atoms with van der Waals surface area (Å²) in [5.41, 5.74) is 5.62. The van der Waals surface area contributed by atoms with Gasteiger partial charge in [0.05, 0.1) is 6.54 Å². The molecule has 0 radical (unpaired) electrons. The van der Waals surface area contributed by atoms with Crippen molar-refractivity contribution in [1.82, 2.24) is 4.90 Å². The van der Waals surface area contributed by atoms with Gasteiger partial charge in [0.15, 0.2) is 5.84 Å². The number of amidine groups is 1. The highest BCUT2D eigenvalue weighted by molar-refractivity contribution is 5.97. The molecule has 3 N–H and O–H groups in total. The third-order valence-corrected chi connectivity index (χ3v) is 3.36. The first-order valence-electron chi connectivity index (χ1n) is 7.51. The molecule has 1 heterocycles. The van der Waals surface area contributed by atoms with Crippen LogP contribution in [0.15, 0.2) is 29.4 Å². The van der Waals surface area contributed by atoms with Gasteiger partial charge < -0.3 is 25.3 Å². The Balaban J connectivity index is 1.89. The molecule has 0 saturated carbocycles. The molecule has 7 heteroatoms. The second kappa shape index (κ2) is 6.76. The van der Waals surface area contributed by atoms with Crippen LogP contribution in [0, 0.1) is 0 Å². The molecule has 7 nitrogen and oxygen atoms in total. The molecule has 1 fully saturated rings. The third-order valence-electron chi connectivity index (χ3n) is 3.36. The summed E-state index contributed by atoms with van der Waals surface area (Å²) in [6.45, 7) is 6.65. The van der Waals surface area contributed by atoms with E-state index in [-0.39, 0.29) is 18.0 Å². The van der Waals surface area contributed by atoms with Crippen LogP contribution in [0.3, 0.4) is 0 Å². The number of hydrogen-bond acceptors (Lipinski definition) is 5. The number of ether oxygens (including phenoxy) is 2. The number of carbonyl (C=O) groups is 1. The SMILES string of the molecule is CC(C)(C)OC(=O)N1CC[C@H](Oc2ccc(/C(N)=N/O)cc2)C1. The van der Waals surface area contributed by atoms with E-state index in [0.717, 1.165) is 6.42 Å². The van der Waals surface area contributed by atoms with Gasteiger partial charge in [0.2, 0.25) is 0 Å². The van der Waals surface area contributed by atoms with Gasteiger partial charge in [-0.15, -0.1) is 0 Å². The van der Waals surface area contributed by atoms with Gasteiger partial charge in [-0.05, 0) is 45.0 Å². The van der Waals surface area contributed by atoms with Crippen LogP contribution in [0.1, 0.15) is 32.8 Å². The van der Waals surface area contributed by atoms with Crippen LogP contribution in [0.5, 0.6) is 5.75 Å². The maximum Gasteiger partial charge on any atom is 0.410 e. The van der Waals surface area contributed by atoms with Crippen molar-refractivity contribution in [2.75, 3.05) is 13.1 Å². The number of rotatable bonds is 3. The summed E-state index contributed by atoms with van der Waals surface area (Å²) >= 11 is 0. The third kappa shape index (κ3) is 4.77. The zero-order valence-corrected chi connectivity index (χ0v) is 13.7. The Morgan fingerprint density at radius 3 is 2.57 bits per heavy atom. The summed E-state index contributed by atoms with van der Waals surface area (Å²) in [5, 5.41) is 11.6. The smallest absolute Gasteiger partial charge is 0.410 e. The van der Waals surface area contributed by atoms with Gasteiger partial charge in [-0.1, -0.05) is 5.16 Å². The van der Waals surface area contributed by atoms with Gasteiger partial charge in [-0.25, -0.2) is 4.79 Å². The standard InChI is InChI=1S/C16H23N3O4/c1-16(2,3)23-15(20)19-9-8-13(10-19)22-12-6-4-11(5-7-12)14(17)18-21/h4-7,13,21H,8-10H2,1-3H3,(H2,17,18)/t13-/m0/s1. The summed E-state index contributed by atoms with van der Waals surface area (Å²) in [4.78, 5) is 13.7. The van der Waals surface area contributed by atoms with Crippen molar-refractivity contribution in [2.45, 2.75) is 38.9 Å². The van der Waals surface area contributed by atoms with Gasteiger partial charge in [0.1, 0.15) is 17.5 Å². The van der Waals surface area contributed by atoms with E-state index in [1.54, 1.807) is 29.2 Å². The molecule has 23 heavy (non-hydrogen) atoms. The average molecular weight is 321 g/mol. The fraction of sp³-hybridized carbons (Fsp3) is 0.500. The van der Waals surface area contributed by atoms with Crippen molar-refractivity contribution in [3.63, 3.8) is 0 Å². The van der Waals surface area contributed by atoms with Crippen molar-refractivity contribution in [3.8, 4) is 5.75 Å². The van der Waals surface area contributed by atoms with E-state index < -0.39 is 5.60 Å². The Kier molecular flexibility index (Phi) is 4.98. The van der Waals surface area contributed by atoms with Crippen LogP contribution in [0.2, 0.25) is 0 Å². The van der Waals surface area contributed by atoms with E-state index >= 15 is 0 Å². The zero-order chi connectivity index (χ0) is 17.0. The molecular formula is C16H23N3O4. The fourth-order valence-corrected chi connectivity index (χ4v) is 2.27. The first kappa shape index (κ1) is 16.9. The second-order valence-electron chi connectivity index (χ2n) is 6.46. The summed E-state index contributed by atoms with van der Waals surface area (Å²) in [6, 6.07) is 6.93. The Labute approximate surface area is 135 Å². The largest absolute Gasteiger partial charge is 0.489 e. The van der Waals surface area contributed by atoms with Gasteiger partial charge in [0.25, 0.3) is 0 Å². The minimum Gasteiger partial charge on any atom is -0.489 e. The number of likely N-dealkylation sites (tertiary alicyclic amines) is 1. The summed E-state index contributed by atoms with van der Waals surface area (Å²) in [5.74, 6) is 0.726. The van der Waals surface area contributed by atoms with E-state index in [4.69, 9.17) is 20.4 Å². The van der Waals surface area contributed by atoms with Crippen LogP contribution in [0.4, 0.5) is 4.79 Å².